The van der Waals surface area contributed by atoms with E-state index in [4.69, 9.17) is 1.37 Å². The van der Waals surface area contributed by atoms with Gasteiger partial charge in [-0.3, -0.25) is 0 Å². The van der Waals surface area contributed by atoms with Crippen LogP contribution in [0.5, 0.6) is 0 Å². The second kappa shape index (κ2) is 3.70. The molecule has 1 heteroatoms. The summed E-state index contributed by atoms with van der Waals surface area (Å²) in [6, 6.07) is 5.03. The van der Waals surface area contributed by atoms with Crippen LogP contribution in [0.15, 0.2) is 18.2 Å². The Morgan fingerprint density at radius 2 is 2.17 bits per heavy atom. The SMILES string of the molecule is [2H]C(c1ccc(C)c(F)c1)C(C)C. The fourth-order valence-electron chi connectivity index (χ4n) is 1.10. The van der Waals surface area contributed by atoms with E-state index in [1.165, 1.54) is 6.07 Å². The van der Waals surface area contributed by atoms with Crippen LogP contribution in [-0.2, 0) is 6.40 Å². The number of aryl methyl sites for hydroxylation is 1. The summed E-state index contributed by atoms with van der Waals surface area (Å²) in [6.45, 7) is 5.66. The summed E-state index contributed by atoms with van der Waals surface area (Å²) in [7, 11) is 0. The largest absolute Gasteiger partial charge is 0.207 e. The molecule has 1 aromatic carbocycles. The molecule has 0 saturated heterocycles. The van der Waals surface area contributed by atoms with Crippen molar-refractivity contribution in [2.24, 2.45) is 5.92 Å². The first-order valence-electron chi connectivity index (χ1n) is 4.78. The molecule has 0 saturated carbocycles. The molecular weight excluding hydrogens is 151 g/mol. The number of benzene rings is 1. The molecule has 0 aromatic heterocycles. The van der Waals surface area contributed by atoms with E-state index in [0.29, 0.717) is 5.56 Å². The molecular formula is C11H15F. The molecule has 0 bridgehead atoms. The van der Waals surface area contributed by atoms with E-state index in [1.54, 1.807) is 13.0 Å². The van der Waals surface area contributed by atoms with E-state index < -0.39 is 0 Å². The maximum atomic E-state index is 13.1. The number of halogens is 1. The second-order valence-corrected chi connectivity index (χ2v) is 3.42. The van der Waals surface area contributed by atoms with E-state index in [0.717, 1.165) is 5.56 Å². The van der Waals surface area contributed by atoms with Gasteiger partial charge < -0.3 is 0 Å². The minimum Gasteiger partial charge on any atom is -0.207 e. The van der Waals surface area contributed by atoms with Crippen molar-refractivity contribution in [1.82, 2.24) is 0 Å². The zero-order chi connectivity index (χ0) is 10.0. The standard InChI is InChI=1S/C11H15F/c1-8(2)6-10-5-4-9(3)11(12)7-10/h4-5,7-8H,6H2,1-3H3/i6D. The van der Waals surface area contributed by atoms with Crippen LogP contribution in [0, 0.1) is 18.7 Å². The number of hydrogen-bond acceptors (Lipinski definition) is 0. The summed E-state index contributed by atoms with van der Waals surface area (Å²) < 4.78 is 20.9. The molecule has 1 atom stereocenters. The molecule has 1 rings (SSSR count). The first-order chi connectivity index (χ1) is 6.02. The molecule has 0 fully saturated rings. The normalized spacial score (nSPS) is 14.6. The van der Waals surface area contributed by atoms with Gasteiger partial charge in [-0.25, -0.2) is 4.39 Å². The Morgan fingerprint density at radius 3 is 2.67 bits per heavy atom. The number of hydrogen-bond donors (Lipinski definition) is 0. The Balaban J connectivity index is 2.97. The summed E-state index contributed by atoms with van der Waals surface area (Å²) in [4.78, 5) is 0. The van der Waals surface area contributed by atoms with Gasteiger partial charge in [0.05, 0.1) is 0 Å². The molecule has 0 aliphatic carbocycles. The van der Waals surface area contributed by atoms with Gasteiger partial charge in [-0.1, -0.05) is 26.0 Å². The molecule has 0 radical (unpaired) electrons. The fraction of sp³-hybridized carbons (Fsp3) is 0.455. The van der Waals surface area contributed by atoms with Crippen molar-refractivity contribution >= 4 is 0 Å². The highest BCUT2D eigenvalue weighted by atomic mass is 19.1. The van der Waals surface area contributed by atoms with Crippen molar-refractivity contribution in [3.05, 3.63) is 35.1 Å². The third kappa shape index (κ3) is 2.33. The summed E-state index contributed by atoms with van der Waals surface area (Å²) in [5.74, 6) is 0.0116. The van der Waals surface area contributed by atoms with Gasteiger partial charge in [0.1, 0.15) is 5.82 Å². The first kappa shape index (κ1) is 7.78. The van der Waals surface area contributed by atoms with Crippen molar-refractivity contribution < 1.29 is 5.76 Å². The van der Waals surface area contributed by atoms with Crippen molar-refractivity contribution in [3.8, 4) is 0 Å². The lowest BCUT2D eigenvalue weighted by Crippen LogP contribution is -1.95. The highest BCUT2D eigenvalue weighted by molar-refractivity contribution is 5.23. The first-order valence-corrected chi connectivity index (χ1v) is 4.20. The van der Waals surface area contributed by atoms with E-state index in [-0.39, 0.29) is 18.1 Å². The molecule has 0 spiro atoms. The number of rotatable bonds is 2. The van der Waals surface area contributed by atoms with Crippen LogP contribution in [0.2, 0.25) is 0 Å². The fourth-order valence-corrected chi connectivity index (χ4v) is 1.10. The van der Waals surface area contributed by atoms with Crippen LogP contribution in [0.3, 0.4) is 0 Å². The maximum absolute atomic E-state index is 13.1. The smallest absolute Gasteiger partial charge is 0.126 e. The van der Waals surface area contributed by atoms with Gasteiger partial charge in [-0.15, -0.1) is 0 Å². The Hall–Kier alpha value is -0.850. The third-order valence-corrected chi connectivity index (χ3v) is 1.72. The minimum absolute atomic E-state index is 0.213. The van der Waals surface area contributed by atoms with Gasteiger partial charge in [-0.2, -0.15) is 0 Å². The van der Waals surface area contributed by atoms with Crippen LogP contribution < -0.4 is 0 Å². The Bertz CT molecular complexity index is 294. The highest BCUT2D eigenvalue weighted by Gasteiger charge is 2.00. The maximum Gasteiger partial charge on any atom is 0.126 e. The van der Waals surface area contributed by atoms with E-state index in [2.05, 4.69) is 0 Å². The lowest BCUT2D eigenvalue weighted by molar-refractivity contribution is 0.605. The molecule has 12 heavy (non-hydrogen) atoms. The Kier molecular flexibility index (Phi) is 2.40. The molecule has 0 heterocycles. The van der Waals surface area contributed by atoms with Crippen molar-refractivity contribution in [2.75, 3.05) is 0 Å². The predicted octanol–water partition coefficient (Wildman–Crippen LogP) is 3.33. The minimum atomic E-state index is -0.324. The van der Waals surface area contributed by atoms with Gasteiger partial charge in [0.25, 0.3) is 0 Å². The molecule has 0 aliphatic rings. The van der Waals surface area contributed by atoms with Crippen LogP contribution >= 0.6 is 0 Å². The quantitative estimate of drug-likeness (QED) is 0.633. The molecule has 1 aromatic rings. The van der Waals surface area contributed by atoms with Crippen LogP contribution in [0.1, 0.15) is 26.3 Å². The van der Waals surface area contributed by atoms with Gasteiger partial charge >= 0.3 is 0 Å². The lowest BCUT2D eigenvalue weighted by atomic mass is 10.0. The van der Waals surface area contributed by atoms with E-state index in [9.17, 15) is 4.39 Å². The summed E-state index contributed by atoms with van der Waals surface area (Å²) in [6.07, 6.45) is -0.324. The Labute approximate surface area is 74.8 Å². The predicted molar refractivity (Wildman–Crippen MR) is 49.7 cm³/mol. The second-order valence-electron chi connectivity index (χ2n) is 3.42. The Morgan fingerprint density at radius 1 is 1.50 bits per heavy atom. The summed E-state index contributed by atoms with van der Waals surface area (Å²) in [5, 5.41) is 0. The molecule has 0 amide bonds. The molecule has 0 nitrogen and oxygen atoms in total. The van der Waals surface area contributed by atoms with E-state index >= 15 is 0 Å². The van der Waals surface area contributed by atoms with Gasteiger partial charge in [-0.05, 0) is 36.4 Å². The van der Waals surface area contributed by atoms with Crippen LogP contribution in [0.4, 0.5) is 4.39 Å². The topological polar surface area (TPSA) is 0 Å². The lowest BCUT2D eigenvalue weighted by Gasteiger charge is -2.05. The van der Waals surface area contributed by atoms with Gasteiger partial charge in [0, 0.05) is 1.37 Å². The molecule has 0 aliphatic heterocycles. The van der Waals surface area contributed by atoms with Crippen molar-refractivity contribution in [2.45, 2.75) is 27.2 Å². The van der Waals surface area contributed by atoms with E-state index in [1.807, 2.05) is 19.9 Å². The zero-order valence-electron chi connectivity index (χ0n) is 8.76. The average Bonchev–Trinajstić information content (AvgIpc) is 2.08. The van der Waals surface area contributed by atoms with Crippen molar-refractivity contribution in [1.29, 1.82) is 0 Å². The summed E-state index contributed by atoms with van der Waals surface area (Å²) in [5.41, 5.74) is 1.40. The molecule has 1 unspecified atom stereocenters. The highest BCUT2D eigenvalue weighted by Crippen LogP contribution is 2.12. The average molecular weight is 167 g/mol. The molecule has 0 N–H and O–H groups in total. The van der Waals surface area contributed by atoms with Crippen LogP contribution in [-0.4, -0.2) is 0 Å². The van der Waals surface area contributed by atoms with Crippen molar-refractivity contribution in [3.63, 3.8) is 0 Å². The summed E-state index contributed by atoms with van der Waals surface area (Å²) >= 11 is 0. The molecule has 66 valence electrons. The third-order valence-electron chi connectivity index (χ3n) is 1.72. The van der Waals surface area contributed by atoms with Gasteiger partial charge in [0.2, 0.25) is 0 Å². The van der Waals surface area contributed by atoms with Gasteiger partial charge in [0.15, 0.2) is 0 Å². The monoisotopic (exact) mass is 167 g/mol. The van der Waals surface area contributed by atoms with Crippen LogP contribution in [0.25, 0.3) is 0 Å². The zero-order valence-corrected chi connectivity index (χ0v) is 7.76.